The zero-order valence-corrected chi connectivity index (χ0v) is 19.5. The molecule has 1 N–H and O–H groups in total. The molecule has 1 aliphatic carbocycles. The van der Waals surface area contributed by atoms with Gasteiger partial charge in [-0.1, -0.05) is 48.0 Å². The lowest BCUT2D eigenvalue weighted by molar-refractivity contribution is -0.114. The van der Waals surface area contributed by atoms with Crippen molar-refractivity contribution >= 4 is 33.4 Å². The minimum Gasteiger partial charge on any atom is -0.492 e. The third-order valence-corrected chi connectivity index (χ3v) is 7.27. The minimum atomic E-state index is -1.50. The van der Waals surface area contributed by atoms with Gasteiger partial charge in [0.15, 0.2) is 11.0 Å². The molecule has 1 amide bonds. The number of nitrogens with one attached hydrogen (secondary N) is 1. The van der Waals surface area contributed by atoms with Crippen molar-refractivity contribution in [3.8, 4) is 22.6 Å². The smallest absolute Gasteiger partial charge is 0.257 e. The number of carbonyl (C=O) groups is 1. The van der Waals surface area contributed by atoms with Crippen LogP contribution in [0.15, 0.2) is 66.7 Å². The average Bonchev–Trinajstić information content (AvgIpc) is 3.38. The van der Waals surface area contributed by atoms with Gasteiger partial charge in [-0.15, -0.1) is 0 Å². The van der Waals surface area contributed by atoms with Crippen LogP contribution >= 0.6 is 11.6 Å². The lowest BCUT2D eigenvalue weighted by atomic mass is 9.96. The largest absolute Gasteiger partial charge is 0.492 e. The Labute approximate surface area is 200 Å². The molecule has 0 saturated heterocycles. The van der Waals surface area contributed by atoms with Gasteiger partial charge in [-0.3, -0.25) is 9.52 Å². The Morgan fingerprint density at radius 2 is 1.88 bits per heavy atom. The highest BCUT2D eigenvalue weighted by Crippen LogP contribution is 2.41. The predicted octanol–water partition coefficient (Wildman–Crippen LogP) is 5.61. The van der Waals surface area contributed by atoms with Crippen molar-refractivity contribution in [3.63, 3.8) is 0 Å². The number of ether oxygens (including phenoxy) is 2. The number of fused-ring (bicyclic) bond motifs is 1. The summed E-state index contributed by atoms with van der Waals surface area (Å²) in [6.07, 6.45) is 3.12. The van der Waals surface area contributed by atoms with Gasteiger partial charge in [-0.2, -0.15) is 0 Å². The molecule has 1 heterocycles. The first-order valence-electron chi connectivity index (χ1n) is 10.8. The Hall–Kier alpha value is -3.09. The second kappa shape index (κ2) is 9.04. The molecular weight excluding hydrogens is 458 g/mol. The summed E-state index contributed by atoms with van der Waals surface area (Å²) < 4.78 is 26.2. The number of hydrogen-bond donors (Lipinski definition) is 1. The summed E-state index contributed by atoms with van der Waals surface area (Å²) in [5.74, 6) is 1.09. The molecule has 168 valence electrons. The maximum atomic E-state index is 12.0. The van der Waals surface area contributed by atoms with Crippen molar-refractivity contribution in [2.24, 2.45) is 0 Å². The van der Waals surface area contributed by atoms with Crippen molar-refractivity contribution in [1.29, 1.82) is 0 Å². The summed E-state index contributed by atoms with van der Waals surface area (Å²) in [6, 6.07) is 19.6. The van der Waals surface area contributed by atoms with Gasteiger partial charge in [0, 0.05) is 6.08 Å². The van der Waals surface area contributed by atoms with Crippen LogP contribution in [0.25, 0.3) is 16.0 Å². The molecule has 7 heteroatoms. The quantitative estimate of drug-likeness (QED) is 0.499. The van der Waals surface area contributed by atoms with Gasteiger partial charge in [-0.05, 0) is 71.8 Å². The highest BCUT2D eigenvalue weighted by molar-refractivity contribution is 7.93. The molecule has 0 spiro atoms. The molecule has 0 radical (unpaired) electrons. The van der Waals surface area contributed by atoms with Crippen LogP contribution in [0.2, 0.25) is 5.02 Å². The van der Waals surface area contributed by atoms with Crippen molar-refractivity contribution in [1.82, 2.24) is 4.72 Å². The monoisotopic (exact) mass is 479 g/mol. The molecule has 3 aromatic rings. The third-order valence-electron chi connectivity index (χ3n) is 5.83. The van der Waals surface area contributed by atoms with E-state index in [2.05, 4.69) is 22.9 Å². The summed E-state index contributed by atoms with van der Waals surface area (Å²) in [6.45, 7) is 2.51. The molecule has 5 nitrogen and oxygen atoms in total. The van der Waals surface area contributed by atoms with Crippen molar-refractivity contribution in [3.05, 3.63) is 88.5 Å². The standard InChI is InChI=1S/C26H22ClNO4S/c1-2-31-24-12-8-17(14-22(24)27)19-4-3-5-21-20(19)11-13-23(21)32-18-9-6-16(7-10-18)25-15-26(29)28-33(25)30/h3-10,12,14-15,23H,2,11,13H2,1H3,(H,28,29)/t23-,33?/m1/s1. The Morgan fingerprint density at radius 3 is 2.58 bits per heavy atom. The highest BCUT2D eigenvalue weighted by Gasteiger charge is 2.27. The normalized spacial score (nSPS) is 19.1. The minimum absolute atomic E-state index is 0.0490. The number of benzene rings is 3. The van der Waals surface area contributed by atoms with Gasteiger partial charge in [0.25, 0.3) is 5.91 Å². The van der Waals surface area contributed by atoms with Crippen molar-refractivity contribution < 1.29 is 18.5 Å². The molecule has 1 unspecified atom stereocenters. The Kier molecular flexibility index (Phi) is 5.96. The second-order valence-electron chi connectivity index (χ2n) is 7.86. The summed E-state index contributed by atoms with van der Waals surface area (Å²) in [7, 11) is -1.50. The van der Waals surface area contributed by atoms with Gasteiger partial charge in [0.05, 0.1) is 16.5 Å². The van der Waals surface area contributed by atoms with Crippen LogP contribution in [-0.2, 0) is 22.2 Å². The molecule has 3 aromatic carbocycles. The number of halogens is 1. The van der Waals surface area contributed by atoms with Gasteiger partial charge in [0.1, 0.15) is 17.6 Å². The number of hydrogen-bond acceptors (Lipinski definition) is 4. The maximum Gasteiger partial charge on any atom is 0.257 e. The fourth-order valence-electron chi connectivity index (χ4n) is 4.35. The van der Waals surface area contributed by atoms with Crippen LogP contribution < -0.4 is 14.2 Å². The predicted molar refractivity (Wildman–Crippen MR) is 130 cm³/mol. The molecule has 33 heavy (non-hydrogen) atoms. The lowest BCUT2D eigenvalue weighted by Crippen LogP contribution is -2.16. The molecule has 2 aliphatic rings. The SMILES string of the molecule is CCOc1ccc(-c2cccc3c2CC[C@H]3Oc2ccc(C3=CC(=O)NS3=O)cc2)cc1Cl. The third kappa shape index (κ3) is 4.28. The first kappa shape index (κ1) is 21.7. The van der Waals surface area contributed by atoms with Crippen LogP contribution in [0.4, 0.5) is 0 Å². The van der Waals surface area contributed by atoms with Crippen LogP contribution in [0, 0.1) is 0 Å². The van der Waals surface area contributed by atoms with E-state index < -0.39 is 11.0 Å². The molecule has 0 fully saturated rings. The zero-order valence-electron chi connectivity index (χ0n) is 18.0. The Morgan fingerprint density at radius 1 is 1.09 bits per heavy atom. The number of rotatable bonds is 6. The molecule has 0 saturated carbocycles. The van der Waals surface area contributed by atoms with E-state index in [0.29, 0.717) is 22.3 Å². The summed E-state index contributed by atoms with van der Waals surface area (Å²) >= 11 is 6.43. The molecule has 0 aromatic heterocycles. The second-order valence-corrected chi connectivity index (χ2v) is 9.45. The van der Waals surface area contributed by atoms with Crippen molar-refractivity contribution in [2.75, 3.05) is 6.61 Å². The maximum absolute atomic E-state index is 12.0. The van der Waals surface area contributed by atoms with Crippen molar-refractivity contribution in [2.45, 2.75) is 25.9 Å². The average molecular weight is 480 g/mol. The fraction of sp³-hybridized carbons (Fsp3) is 0.192. The number of amides is 1. The van der Waals surface area contributed by atoms with E-state index in [4.69, 9.17) is 21.1 Å². The van der Waals surface area contributed by atoms with Gasteiger partial charge in [-0.25, -0.2) is 4.21 Å². The van der Waals surface area contributed by atoms with E-state index >= 15 is 0 Å². The molecular formula is C26H22ClNO4S. The van der Waals surface area contributed by atoms with Crippen LogP contribution in [0.5, 0.6) is 11.5 Å². The van der Waals surface area contributed by atoms with Gasteiger partial charge < -0.3 is 9.47 Å². The van der Waals surface area contributed by atoms with Crippen LogP contribution in [-0.4, -0.2) is 16.7 Å². The van der Waals surface area contributed by atoms with E-state index in [0.717, 1.165) is 35.3 Å². The van der Waals surface area contributed by atoms with E-state index in [1.54, 1.807) is 0 Å². The summed E-state index contributed by atoms with van der Waals surface area (Å²) in [5.41, 5.74) is 5.41. The molecule has 2 atom stereocenters. The van der Waals surface area contributed by atoms with E-state index in [1.165, 1.54) is 17.2 Å². The van der Waals surface area contributed by atoms with Gasteiger partial charge in [0.2, 0.25) is 0 Å². The Bertz CT molecular complexity index is 1290. The molecule has 0 bridgehead atoms. The first-order valence-corrected chi connectivity index (χ1v) is 12.3. The molecule has 5 rings (SSSR count). The summed E-state index contributed by atoms with van der Waals surface area (Å²) in [5, 5.41) is 0.605. The zero-order chi connectivity index (χ0) is 22.9. The van der Waals surface area contributed by atoms with E-state index in [1.807, 2.05) is 49.4 Å². The Balaban J connectivity index is 1.37. The first-order chi connectivity index (χ1) is 16.0. The van der Waals surface area contributed by atoms with Crippen LogP contribution in [0.3, 0.4) is 0 Å². The lowest BCUT2D eigenvalue weighted by Gasteiger charge is -2.16. The van der Waals surface area contributed by atoms with Gasteiger partial charge >= 0.3 is 0 Å². The highest BCUT2D eigenvalue weighted by atomic mass is 35.5. The fourth-order valence-corrected chi connectivity index (χ4v) is 5.50. The summed E-state index contributed by atoms with van der Waals surface area (Å²) in [4.78, 5) is 11.9. The molecule has 1 aliphatic heterocycles. The topological polar surface area (TPSA) is 64.6 Å². The van der Waals surface area contributed by atoms with E-state index in [-0.39, 0.29) is 12.0 Å². The number of carbonyl (C=O) groups excluding carboxylic acids is 1. The van der Waals surface area contributed by atoms with E-state index in [9.17, 15) is 9.00 Å². The van der Waals surface area contributed by atoms with Crippen LogP contribution in [0.1, 0.15) is 36.1 Å².